The summed E-state index contributed by atoms with van der Waals surface area (Å²) in [7, 11) is 1.40. The van der Waals surface area contributed by atoms with Crippen LogP contribution in [0.3, 0.4) is 0 Å². The number of pyridine rings is 1. The van der Waals surface area contributed by atoms with Crippen LogP contribution in [0, 0.1) is 5.41 Å². The quantitative estimate of drug-likeness (QED) is 0.127. The lowest BCUT2D eigenvalue weighted by Gasteiger charge is -2.31. The minimum absolute atomic E-state index is 0.0238. The number of hydrogen-bond donors (Lipinski definition) is 2. The number of rotatable bonds is 12. The zero-order chi connectivity index (χ0) is 29.7. The monoisotopic (exact) mass is 599 g/mol. The summed E-state index contributed by atoms with van der Waals surface area (Å²) in [5.74, 6) is -1.03. The van der Waals surface area contributed by atoms with Gasteiger partial charge < -0.3 is 9.84 Å². The van der Waals surface area contributed by atoms with Crippen molar-refractivity contribution in [1.29, 1.82) is 0 Å². The number of fused-ring (bicyclic) bond motifs is 1. The van der Waals surface area contributed by atoms with Gasteiger partial charge in [0.1, 0.15) is 0 Å². The molecule has 42 heavy (non-hydrogen) atoms. The highest BCUT2D eigenvalue weighted by atomic mass is 35.5. The minimum Gasteiger partial charge on any atom is -0.481 e. The first-order chi connectivity index (χ1) is 20.3. The molecular formula is C35H34ClNO4S. The predicted molar refractivity (Wildman–Crippen MR) is 172 cm³/mol. The van der Waals surface area contributed by atoms with Gasteiger partial charge in [-0.15, -0.1) is 0 Å². The van der Waals surface area contributed by atoms with Gasteiger partial charge in [0.2, 0.25) is 0 Å². The van der Waals surface area contributed by atoms with Crippen LogP contribution >= 0.6 is 24.2 Å². The number of thiol groups is 1. The van der Waals surface area contributed by atoms with Gasteiger partial charge in [0.15, 0.2) is 0 Å². The maximum Gasteiger partial charge on any atom is 0.309 e. The topological polar surface area (TPSA) is 76.5 Å². The second-order valence-electron chi connectivity index (χ2n) is 11.1. The van der Waals surface area contributed by atoms with Crippen LogP contribution in [0.15, 0.2) is 78.9 Å². The van der Waals surface area contributed by atoms with Crippen molar-refractivity contribution in [3.8, 4) is 0 Å². The third-order valence-electron chi connectivity index (χ3n) is 8.27. The largest absolute Gasteiger partial charge is 0.481 e. The number of carbonyl (C=O) groups is 2. The summed E-state index contributed by atoms with van der Waals surface area (Å²) in [6, 6.07) is 26.0. The zero-order valence-electron chi connectivity index (χ0n) is 23.5. The molecule has 3 aromatic carbocycles. The van der Waals surface area contributed by atoms with Crippen LogP contribution in [0.4, 0.5) is 0 Å². The van der Waals surface area contributed by atoms with Gasteiger partial charge >= 0.3 is 11.9 Å². The molecule has 1 N–H and O–H groups in total. The number of hydrogen-bond acceptors (Lipinski definition) is 5. The number of esters is 1. The Bertz CT molecular complexity index is 1630. The lowest BCUT2D eigenvalue weighted by atomic mass is 9.80. The zero-order valence-corrected chi connectivity index (χ0v) is 25.2. The molecule has 2 atom stereocenters. The van der Waals surface area contributed by atoms with Crippen LogP contribution in [0.25, 0.3) is 23.1 Å². The number of halogens is 1. The number of aliphatic carboxylic acids is 1. The van der Waals surface area contributed by atoms with Crippen LogP contribution in [-0.4, -0.2) is 34.4 Å². The Balaban J connectivity index is 1.42. The van der Waals surface area contributed by atoms with Crippen molar-refractivity contribution in [1.82, 2.24) is 4.98 Å². The number of nitrogens with zero attached hydrogens (tertiary/aromatic N) is 1. The van der Waals surface area contributed by atoms with E-state index in [9.17, 15) is 14.7 Å². The molecule has 0 bridgehead atoms. The average Bonchev–Trinajstić information content (AvgIpc) is 3.76. The van der Waals surface area contributed by atoms with E-state index in [-0.39, 0.29) is 35.4 Å². The molecule has 0 spiro atoms. The van der Waals surface area contributed by atoms with Crippen LogP contribution in [-0.2, 0) is 27.2 Å². The number of carboxylic acid groups (broad SMARTS) is 1. The van der Waals surface area contributed by atoms with Crippen LogP contribution in [0.2, 0.25) is 5.02 Å². The second-order valence-corrected chi connectivity index (χ2v) is 12.1. The Hall–Kier alpha value is -3.61. The van der Waals surface area contributed by atoms with Gasteiger partial charge in [-0.25, -0.2) is 4.98 Å². The molecule has 5 nitrogen and oxygen atoms in total. The summed E-state index contributed by atoms with van der Waals surface area (Å²) >= 11 is 11.3. The SMILES string of the molecule is COC(=O)Cc1ccccc1CC[C@H](c1cccc(/C=C/c2ccc3ccc(Cl)cc3n2)c1)C(S)C1(CC(=O)O)CC1. The average molecular weight is 600 g/mol. The number of aromatic nitrogens is 1. The van der Waals surface area contributed by atoms with E-state index in [1.165, 1.54) is 7.11 Å². The Morgan fingerprint density at radius 3 is 2.52 bits per heavy atom. The third kappa shape index (κ3) is 7.23. The highest BCUT2D eigenvalue weighted by Crippen LogP contribution is 2.58. The molecule has 7 heteroatoms. The van der Waals surface area contributed by atoms with E-state index >= 15 is 0 Å². The van der Waals surface area contributed by atoms with Crippen LogP contribution < -0.4 is 0 Å². The summed E-state index contributed by atoms with van der Waals surface area (Å²) < 4.78 is 4.90. The normalized spacial score (nSPS) is 15.4. The Labute approximate surface area is 257 Å². The number of carboxylic acids is 1. The van der Waals surface area contributed by atoms with E-state index in [1.54, 1.807) is 0 Å². The molecule has 1 heterocycles. The highest BCUT2D eigenvalue weighted by Gasteiger charge is 2.51. The second kappa shape index (κ2) is 13.1. The smallest absolute Gasteiger partial charge is 0.309 e. The first-order valence-electron chi connectivity index (χ1n) is 14.1. The molecule has 1 unspecified atom stereocenters. The molecule has 0 aliphatic heterocycles. The molecule has 4 aromatic rings. The first kappa shape index (κ1) is 29.9. The standard InChI is InChI=1S/C35H34ClNO4S/c1-41-33(40)20-26-7-3-2-6-24(26)12-16-30(34(42)35(17-18-35)22-32(38)39)27-8-4-5-23(19-27)9-14-29-15-11-25-10-13-28(36)21-31(25)37-29/h2-11,13-15,19,21,30,34,42H,12,16-18,20,22H2,1H3,(H,38,39)/b14-9+/t30-,34?/m1/s1. The Kier molecular flexibility index (Phi) is 9.34. The number of ether oxygens (including phenoxy) is 1. The van der Waals surface area contributed by atoms with Gasteiger partial charge in [0, 0.05) is 15.7 Å². The van der Waals surface area contributed by atoms with E-state index in [0.29, 0.717) is 5.02 Å². The fraction of sp³-hybridized carbons (Fsp3) is 0.286. The van der Waals surface area contributed by atoms with E-state index in [2.05, 4.69) is 24.3 Å². The molecule has 1 aliphatic rings. The molecular weight excluding hydrogens is 566 g/mol. The summed E-state index contributed by atoms with van der Waals surface area (Å²) in [4.78, 5) is 28.5. The van der Waals surface area contributed by atoms with Crippen molar-refractivity contribution in [2.24, 2.45) is 5.41 Å². The first-order valence-corrected chi connectivity index (χ1v) is 15.0. The van der Waals surface area contributed by atoms with E-state index in [1.807, 2.05) is 66.7 Å². The molecule has 0 radical (unpaired) electrons. The van der Waals surface area contributed by atoms with Crippen molar-refractivity contribution >= 4 is 59.2 Å². The van der Waals surface area contributed by atoms with Crippen molar-refractivity contribution < 1.29 is 19.4 Å². The molecule has 0 amide bonds. The van der Waals surface area contributed by atoms with Gasteiger partial charge in [-0.2, -0.15) is 12.6 Å². The molecule has 1 aromatic heterocycles. The van der Waals surface area contributed by atoms with Gasteiger partial charge in [-0.1, -0.05) is 78.3 Å². The molecule has 1 fully saturated rings. The van der Waals surface area contributed by atoms with E-state index in [4.69, 9.17) is 34.0 Å². The third-order valence-corrected chi connectivity index (χ3v) is 9.41. The van der Waals surface area contributed by atoms with E-state index in [0.717, 1.165) is 64.5 Å². The lowest BCUT2D eigenvalue weighted by Crippen LogP contribution is -2.27. The molecule has 216 valence electrons. The number of benzene rings is 3. The Morgan fingerprint density at radius 2 is 1.79 bits per heavy atom. The maximum absolute atomic E-state index is 12.0. The van der Waals surface area contributed by atoms with Crippen molar-refractivity contribution in [3.63, 3.8) is 0 Å². The fourth-order valence-electron chi connectivity index (χ4n) is 5.76. The van der Waals surface area contributed by atoms with Gasteiger partial charge in [-0.05, 0) is 83.5 Å². The summed E-state index contributed by atoms with van der Waals surface area (Å²) in [5.41, 5.74) is 5.56. The molecule has 0 saturated heterocycles. The summed E-state index contributed by atoms with van der Waals surface area (Å²) in [6.07, 6.45) is 7.61. The molecule has 5 rings (SSSR count). The van der Waals surface area contributed by atoms with Gasteiger partial charge in [0.25, 0.3) is 0 Å². The van der Waals surface area contributed by atoms with Crippen molar-refractivity contribution in [2.75, 3.05) is 7.11 Å². The van der Waals surface area contributed by atoms with Crippen LogP contribution in [0.1, 0.15) is 59.5 Å². The Morgan fingerprint density at radius 1 is 1.02 bits per heavy atom. The summed E-state index contributed by atoms with van der Waals surface area (Å²) in [5, 5.41) is 11.2. The molecule has 1 aliphatic carbocycles. The maximum atomic E-state index is 12.0. The summed E-state index contributed by atoms with van der Waals surface area (Å²) in [6.45, 7) is 0. The number of methoxy groups -OCH3 is 1. The lowest BCUT2D eigenvalue weighted by molar-refractivity contribution is -0.140. The number of aryl methyl sites for hydroxylation is 1. The molecule has 1 saturated carbocycles. The van der Waals surface area contributed by atoms with Crippen LogP contribution in [0.5, 0.6) is 0 Å². The predicted octanol–water partition coefficient (Wildman–Crippen LogP) is 8.04. The fourth-order valence-corrected chi connectivity index (χ4v) is 6.60. The van der Waals surface area contributed by atoms with E-state index < -0.39 is 5.97 Å². The highest BCUT2D eigenvalue weighted by molar-refractivity contribution is 7.81. The van der Waals surface area contributed by atoms with Gasteiger partial charge in [-0.3, -0.25) is 9.59 Å². The minimum atomic E-state index is -0.783. The van der Waals surface area contributed by atoms with Crippen molar-refractivity contribution in [3.05, 3.63) is 112 Å². The van der Waals surface area contributed by atoms with Gasteiger partial charge in [0.05, 0.1) is 31.2 Å². The number of carbonyl (C=O) groups excluding carboxylic acids is 1. The van der Waals surface area contributed by atoms with Crippen molar-refractivity contribution in [2.45, 2.75) is 49.7 Å².